The van der Waals surface area contributed by atoms with Gasteiger partial charge in [0.1, 0.15) is 5.82 Å². The normalized spacial score (nSPS) is 10.6. The smallest absolute Gasteiger partial charge is 0.263 e. The van der Waals surface area contributed by atoms with Crippen molar-refractivity contribution in [1.29, 1.82) is 0 Å². The second-order valence-corrected chi connectivity index (χ2v) is 6.78. The molecule has 3 aromatic rings. The molecule has 124 valence electrons. The number of para-hydroxylation sites is 1. The van der Waals surface area contributed by atoms with Crippen LogP contribution in [-0.2, 0) is 11.3 Å². The summed E-state index contributed by atoms with van der Waals surface area (Å²) in [5.74, 6) is -0.280. The summed E-state index contributed by atoms with van der Waals surface area (Å²) < 4.78 is 21.3. The number of aromatic nitrogens is 2. The standard InChI is InChI=1S/C16H13BrFN3O2S/c17-11-7-12(24-10-11)8-21-15(5-6-19-21)20-16(22)9-23-14-4-2-1-3-13(14)18/h1-7,10H,8-9H2,(H,20,22). The van der Waals surface area contributed by atoms with Gasteiger partial charge in [-0.15, -0.1) is 11.3 Å². The van der Waals surface area contributed by atoms with E-state index in [-0.39, 0.29) is 18.3 Å². The fraction of sp³-hybridized carbons (Fsp3) is 0.125. The zero-order chi connectivity index (χ0) is 16.9. The van der Waals surface area contributed by atoms with Crippen LogP contribution < -0.4 is 10.1 Å². The number of carbonyl (C=O) groups is 1. The molecule has 0 saturated heterocycles. The van der Waals surface area contributed by atoms with E-state index >= 15 is 0 Å². The van der Waals surface area contributed by atoms with Gasteiger partial charge >= 0.3 is 0 Å². The topological polar surface area (TPSA) is 56.1 Å². The molecule has 2 heterocycles. The van der Waals surface area contributed by atoms with Crippen molar-refractivity contribution < 1.29 is 13.9 Å². The molecule has 1 N–H and O–H groups in total. The fourth-order valence-electron chi connectivity index (χ4n) is 2.03. The molecule has 0 aliphatic heterocycles. The molecule has 8 heteroatoms. The van der Waals surface area contributed by atoms with Crippen molar-refractivity contribution in [3.63, 3.8) is 0 Å². The van der Waals surface area contributed by atoms with Gasteiger partial charge < -0.3 is 10.1 Å². The summed E-state index contributed by atoms with van der Waals surface area (Å²) in [5.41, 5.74) is 0. The Morgan fingerprint density at radius 2 is 2.21 bits per heavy atom. The molecule has 0 unspecified atom stereocenters. The first-order valence-corrected chi connectivity index (χ1v) is 8.71. The van der Waals surface area contributed by atoms with Crippen LogP contribution in [0.5, 0.6) is 5.75 Å². The SMILES string of the molecule is O=C(COc1ccccc1F)Nc1ccnn1Cc1cc(Br)cs1. The summed E-state index contributed by atoms with van der Waals surface area (Å²) in [4.78, 5) is 13.1. The summed E-state index contributed by atoms with van der Waals surface area (Å²) in [6.45, 7) is 0.268. The Morgan fingerprint density at radius 1 is 1.38 bits per heavy atom. The number of halogens is 2. The number of nitrogens with zero attached hydrogens (tertiary/aromatic N) is 2. The zero-order valence-electron chi connectivity index (χ0n) is 12.4. The highest BCUT2D eigenvalue weighted by Crippen LogP contribution is 2.21. The Balaban J connectivity index is 1.59. The highest BCUT2D eigenvalue weighted by atomic mass is 79.9. The Bertz CT molecular complexity index is 849. The van der Waals surface area contributed by atoms with E-state index in [2.05, 4.69) is 26.3 Å². The molecule has 0 aliphatic rings. The molecular formula is C16H13BrFN3O2S. The highest BCUT2D eigenvalue weighted by molar-refractivity contribution is 9.10. The Hall–Kier alpha value is -2.19. The van der Waals surface area contributed by atoms with Gasteiger partial charge in [0.15, 0.2) is 18.2 Å². The molecule has 0 saturated carbocycles. The van der Waals surface area contributed by atoms with Gasteiger partial charge in [-0.1, -0.05) is 12.1 Å². The summed E-state index contributed by atoms with van der Waals surface area (Å²) in [6.07, 6.45) is 1.61. The third kappa shape index (κ3) is 4.21. The van der Waals surface area contributed by atoms with Gasteiger partial charge in [0.05, 0.1) is 12.7 Å². The van der Waals surface area contributed by atoms with Crippen molar-refractivity contribution in [2.24, 2.45) is 0 Å². The molecule has 0 aliphatic carbocycles. The van der Waals surface area contributed by atoms with Crippen LogP contribution in [0, 0.1) is 5.82 Å². The Labute approximate surface area is 150 Å². The van der Waals surface area contributed by atoms with Crippen LogP contribution in [0.3, 0.4) is 0 Å². The maximum Gasteiger partial charge on any atom is 0.263 e. The molecule has 5 nitrogen and oxygen atoms in total. The maximum atomic E-state index is 13.5. The fourth-order valence-corrected chi connectivity index (χ4v) is 3.47. The molecule has 3 rings (SSSR count). The Morgan fingerprint density at radius 3 is 2.96 bits per heavy atom. The summed E-state index contributed by atoms with van der Waals surface area (Å²) in [5, 5.41) is 8.90. The summed E-state index contributed by atoms with van der Waals surface area (Å²) >= 11 is 5.01. The molecular weight excluding hydrogens is 397 g/mol. The van der Waals surface area contributed by atoms with E-state index in [0.717, 1.165) is 9.35 Å². The van der Waals surface area contributed by atoms with Gasteiger partial charge in [-0.25, -0.2) is 9.07 Å². The monoisotopic (exact) mass is 409 g/mol. The number of ether oxygens (including phenoxy) is 1. The quantitative estimate of drug-likeness (QED) is 0.671. The van der Waals surface area contributed by atoms with Crippen LogP contribution >= 0.6 is 27.3 Å². The predicted octanol–water partition coefficient (Wildman–Crippen LogP) is 3.91. The van der Waals surface area contributed by atoms with Crippen LogP contribution in [0.4, 0.5) is 10.2 Å². The lowest BCUT2D eigenvalue weighted by atomic mass is 10.3. The van der Waals surface area contributed by atoms with E-state index in [9.17, 15) is 9.18 Å². The summed E-state index contributed by atoms with van der Waals surface area (Å²) in [6, 6.07) is 9.65. The molecule has 0 atom stereocenters. The maximum absolute atomic E-state index is 13.5. The predicted molar refractivity (Wildman–Crippen MR) is 93.9 cm³/mol. The van der Waals surface area contributed by atoms with Gasteiger partial charge in [0.2, 0.25) is 0 Å². The number of thiophene rings is 1. The van der Waals surface area contributed by atoms with E-state index in [1.807, 2.05) is 11.4 Å². The van der Waals surface area contributed by atoms with Gasteiger partial charge in [-0.05, 0) is 34.1 Å². The van der Waals surface area contributed by atoms with E-state index in [1.165, 1.54) is 12.1 Å². The number of amides is 1. The van der Waals surface area contributed by atoms with Gasteiger partial charge in [-0.3, -0.25) is 4.79 Å². The first-order chi connectivity index (χ1) is 11.6. The molecule has 0 spiro atoms. The third-order valence-electron chi connectivity index (χ3n) is 3.11. The van der Waals surface area contributed by atoms with E-state index in [4.69, 9.17) is 4.74 Å². The largest absolute Gasteiger partial charge is 0.481 e. The number of hydrogen-bond donors (Lipinski definition) is 1. The zero-order valence-corrected chi connectivity index (χ0v) is 14.8. The molecule has 0 radical (unpaired) electrons. The minimum absolute atomic E-state index is 0.0459. The van der Waals surface area contributed by atoms with Crippen LogP contribution in [0.15, 0.2) is 52.4 Å². The molecule has 2 aromatic heterocycles. The lowest BCUT2D eigenvalue weighted by molar-refractivity contribution is -0.118. The van der Waals surface area contributed by atoms with Crippen LogP contribution in [0.25, 0.3) is 0 Å². The van der Waals surface area contributed by atoms with Crippen molar-refractivity contribution >= 4 is 39.0 Å². The number of carbonyl (C=O) groups excluding carboxylic acids is 1. The van der Waals surface area contributed by atoms with Crippen molar-refractivity contribution in [2.45, 2.75) is 6.54 Å². The van der Waals surface area contributed by atoms with E-state index < -0.39 is 5.82 Å². The van der Waals surface area contributed by atoms with Crippen molar-refractivity contribution in [2.75, 3.05) is 11.9 Å². The van der Waals surface area contributed by atoms with Gasteiger partial charge in [0, 0.05) is 20.8 Å². The molecule has 0 fully saturated rings. The number of nitrogens with one attached hydrogen (secondary N) is 1. The van der Waals surface area contributed by atoms with Crippen LogP contribution in [-0.4, -0.2) is 22.3 Å². The second kappa shape index (κ2) is 7.59. The number of anilines is 1. The molecule has 0 bridgehead atoms. The van der Waals surface area contributed by atoms with Gasteiger partial charge in [-0.2, -0.15) is 5.10 Å². The molecule has 24 heavy (non-hydrogen) atoms. The number of rotatable bonds is 6. The van der Waals surface area contributed by atoms with Crippen molar-refractivity contribution in [3.8, 4) is 5.75 Å². The Kier molecular flexibility index (Phi) is 5.27. The first kappa shape index (κ1) is 16.7. The van der Waals surface area contributed by atoms with E-state index in [0.29, 0.717) is 12.4 Å². The first-order valence-electron chi connectivity index (χ1n) is 7.04. The number of hydrogen-bond acceptors (Lipinski definition) is 4. The average molecular weight is 410 g/mol. The lowest BCUT2D eigenvalue weighted by Crippen LogP contribution is -2.22. The van der Waals surface area contributed by atoms with Crippen molar-refractivity contribution in [1.82, 2.24) is 9.78 Å². The number of benzene rings is 1. The lowest BCUT2D eigenvalue weighted by Gasteiger charge is -2.09. The molecule has 1 aromatic carbocycles. The average Bonchev–Trinajstić information content (AvgIpc) is 3.16. The highest BCUT2D eigenvalue weighted by Gasteiger charge is 2.10. The third-order valence-corrected chi connectivity index (χ3v) is 4.79. The van der Waals surface area contributed by atoms with Crippen LogP contribution in [0.1, 0.15) is 4.88 Å². The van der Waals surface area contributed by atoms with Crippen LogP contribution in [0.2, 0.25) is 0 Å². The molecule has 1 amide bonds. The minimum Gasteiger partial charge on any atom is -0.481 e. The minimum atomic E-state index is -0.501. The van der Waals surface area contributed by atoms with E-state index in [1.54, 1.807) is 40.4 Å². The van der Waals surface area contributed by atoms with Crippen molar-refractivity contribution in [3.05, 3.63) is 63.1 Å². The summed E-state index contributed by atoms with van der Waals surface area (Å²) in [7, 11) is 0. The van der Waals surface area contributed by atoms with Gasteiger partial charge in [0.25, 0.3) is 5.91 Å². The second-order valence-electron chi connectivity index (χ2n) is 4.87.